The number of carboxylic acids is 1. The SMILES string of the molecule is O=C(O)C[NH2+]C1C=CS(=O)(=O)C1.[Cl-]. The lowest BCUT2D eigenvalue weighted by Crippen LogP contribution is -3.00. The van der Waals surface area contributed by atoms with E-state index < -0.39 is 15.8 Å². The third-order valence-corrected chi connectivity index (χ3v) is 2.97. The van der Waals surface area contributed by atoms with E-state index >= 15 is 0 Å². The van der Waals surface area contributed by atoms with Gasteiger partial charge in [-0.15, -0.1) is 0 Å². The Morgan fingerprint density at radius 2 is 2.23 bits per heavy atom. The summed E-state index contributed by atoms with van der Waals surface area (Å²) in [5.41, 5.74) is 0. The minimum absolute atomic E-state index is 0. The average Bonchev–Trinajstić information content (AvgIpc) is 2.26. The molecule has 0 aromatic heterocycles. The molecule has 0 bridgehead atoms. The zero-order chi connectivity index (χ0) is 9.19. The van der Waals surface area contributed by atoms with Gasteiger partial charge >= 0.3 is 5.97 Å². The number of quaternary nitrogens is 1. The number of aliphatic carboxylic acids is 1. The van der Waals surface area contributed by atoms with E-state index in [0.29, 0.717) is 0 Å². The molecule has 76 valence electrons. The second-order valence-electron chi connectivity index (χ2n) is 2.66. The fourth-order valence-electron chi connectivity index (χ4n) is 0.999. The lowest BCUT2D eigenvalue weighted by atomic mass is 10.3. The number of sulfone groups is 1. The molecule has 13 heavy (non-hydrogen) atoms. The van der Waals surface area contributed by atoms with E-state index in [1.807, 2.05) is 0 Å². The van der Waals surface area contributed by atoms with Crippen molar-refractivity contribution in [2.75, 3.05) is 12.3 Å². The smallest absolute Gasteiger partial charge is 0.359 e. The van der Waals surface area contributed by atoms with Gasteiger partial charge in [-0.1, -0.05) is 0 Å². The van der Waals surface area contributed by atoms with Gasteiger partial charge in [0.25, 0.3) is 0 Å². The molecular weight excluding hydrogens is 218 g/mol. The van der Waals surface area contributed by atoms with Gasteiger partial charge in [0.2, 0.25) is 0 Å². The van der Waals surface area contributed by atoms with Crippen molar-refractivity contribution >= 4 is 15.8 Å². The first kappa shape index (κ1) is 12.4. The molecule has 1 aliphatic heterocycles. The molecule has 0 spiro atoms. The molecule has 7 heteroatoms. The highest BCUT2D eigenvalue weighted by Gasteiger charge is 2.24. The molecule has 1 heterocycles. The third-order valence-electron chi connectivity index (χ3n) is 1.55. The Kier molecular flexibility index (Phi) is 4.38. The normalized spacial score (nSPS) is 23.8. The number of hydrogen-bond acceptors (Lipinski definition) is 3. The van der Waals surface area contributed by atoms with Crippen LogP contribution < -0.4 is 17.7 Å². The van der Waals surface area contributed by atoms with Gasteiger partial charge < -0.3 is 22.8 Å². The van der Waals surface area contributed by atoms with Crippen molar-refractivity contribution in [3.05, 3.63) is 11.5 Å². The van der Waals surface area contributed by atoms with Gasteiger partial charge in [0.05, 0.1) is 0 Å². The molecule has 3 N–H and O–H groups in total. The monoisotopic (exact) mass is 227 g/mol. The maximum Gasteiger partial charge on any atom is 0.359 e. The Morgan fingerprint density at radius 1 is 1.62 bits per heavy atom. The summed E-state index contributed by atoms with van der Waals surface area (Å²) in [7, 11) is -3.05. The first-order valence-corrected chi connectivity index (χ1v) is 5.17. The van der Waals surface area contributed by atoms with E-state index in [1.54, 1.807) is 0 Å². The Morgan fingerprint density at radius 3 is 2.62 bits per heavy atom. The highest BCUT2D eigenvalue weighted by Crippen LogP contribution is 2.03. The zero-order valence-electron chi connectivity index (χ0n) is 6.68. The molecule has 0 aromatic rings. The van der Waals surface area contributed by atoms with Gasteiger partial charge in [-0.2, -0.15) is 0 Å². The van der Waals surface area contributed by atoms with Crippen molar-refractivity contribution in [2.24, 2.45) is 0 Å². The summed E-state index contributed by atoms with van der Waals surface area (Å²) in [4.78, 5) is 10.1. The topological polar surface area (TPSA) is 88.0 Å². The van der Waals surface area contributed by atoms with Crippen molar-refractivity contribution < 1.29 is 36.0 Å². The van der Waals surface area contributed by atoms with Crippen LogP contribution >= 0.6 is 0 Å². The fraction of sp³-hybridized carbons (Fsp3) is 0.500. The van der Waals surface area contributed by atoms with Crippen LogP contribution in [-0.4, -0.2) is 37.8 Å². The van der Waals surface area contributed by atoms with E-state index in [9.17, 15) is 13.2 Å². The van der Waals surface area contributed by atoms with Crippen LogP contribution in [0.2, 0.25) is 0 Å². The van der Waals surface area contributed by atoms with Crippen molar-refractivity contribution in [2.45, 2.75) is 6.04 Å². The van der Waals surface area contributed by atoms with E-state index in [4.69, 9.17) is 5.11 Å². The number of halogens is 1. The summed E-state index contributed by atoms with van der Waals surface area (Å²) >= 11 is 0. The Hall–Kier alpha value is -0.590. The fourth-order valence-corrected chi connectivity index (χ4v) is 2.33. The predicted molar refractivity (Wildman–Crippen MR) is 41.1 cm³/mol. The molecule has 0 saturated carbocycles. The maximum atomic E-state index is 10.8. The van der Waals surface area contributed by atoms with Crippen LogP contribution in [0.3, 0.4) is 0 Å². The predicted octanol–water partition coefficient (Wildman–Crippen LogP) is -5.05. The minimum atomic E-state index is -3.05. The molecule has 1 aliphatic rings. The van der Waals surface area contributed by atoms with Crippen LogP contribution in [-0.2, 0) is 14.6 Å². The standard InChI is InChI=1S/C6H9NO4S.ClH/c8-6(9)3-7-5-1-2-12(10,11)4-5;/h1-2,5,7H,3-4H2,(H,8,9);1H. The lowest BCUT2D eigenvalue weighted by molar-refractivity contribution is -0.665. The second kappa shape index (κ2) is 4.59. The summed E-state index contributed by atoms with van der Waals surface area (Å²) in [6.07, 6.45) is 1.51. The number of carbonyl (C=O) groups is 1. The summed E-state index contributed by atoms with van der Waals surface area (Å²) < 4.78 is 21.7. The van der Waals surface area contributed by atoms with Gasteiger partial charge in [-0.3, -0.25) is 0 Å². The number of nitrogens with two attached hydrogens (primary N) is 1. The van der Waals surface area contributed by atoms with Gasteiger partial charge in [0.15, 0.2) is 16.4 Å². The van der Waals surface area contributed by atoms with E-state index in [1.165, 1.54) is 11.4 Å². The second-order valence-corrected chi connectivity index (χ2v) is 4.59. The van der Waals surface area contributed by atoms with Gasteiger partial charge in [0, 0.05) is 5.41 Å². The largest absolute Gasteiger partial charge is 1.00 e. The number of hydrogen-bond donors (Lipinski definition) is 2. The van der Waals surface area contributed by atoms with Crippen LogP contribution in [0.5, 0.6) is 0 Å². The van der Waals surface area contributed by atoms with Gasteiger partial charge in [-0.05, 0) is 6.08 Å². The van der Waals surface area contributed by atoms with Crippen molar-refractivity contribution in [1.82, 2.24) is 0 Å². The van der Waals surface area contributed by atoms with Crippen LogP contribution in [0.15, 0.2) is 11.5 Å². The molecule has 0 amide bonds. The summed E-state index contributed by atoms with van der Waals surface area (Å²) in [5.74, 6) is -0.923. The molecule has 0 aliphatic carbocycles. The molecular formula is C6H10ClNO4S. The van der Waals surface area contributed by atoms with Crippen molar-refractivity contribution in [3.8, 4) is 0 Å². The molecule has 1 rings (SSSR count). The summed E-state index contributed by atoms with van der Waals surface area (Å²) in [5, 5.41) is 10.9. The molecule has 5 nitrogen and oxygen atoms in total. The Bertz CT molecular complexity index is 311. The molecule has 0 saturated heterocycles. The quantitative estimate of drug-likeness (QED) is 0.505. The van der Waals surface area contributed by atoms with Crippen molar-refractivity contribution in [3.63, 3.8) is 0 Å². The van der Waals surface area contributed by atoms with Crippen LogP contribution in [0.25, 0.3) is 0 Å². The average molecular weight is 228 g/mol. The minimum Gasteiger partial charge on any atom is -1.00 e. The molecule has 0 radical (unpaired) electrons. The lowest BCUT2D eigenvalue weighted by Gasteiger charge is -2.02. The van der Waals surface area contributed by atoms with Crippen LogP contribution in [0.1, 0.15) is 0 Å². The molecule has 1 unspecified atom stereocenters. The Labute approximate surface area is 82.2 Å². The highest BCUT2D eigenvalue weighted by molar-refractivity contribution is 7.94. The highest BCUT2D eigenvalue weighted by atomic mass is 35.5. The van der Waals surface area contributed by atoms with Gasteiger partial charge in [-0.25, -0.2) is 13.2 Å². The third kappa shape index (κ3) is 4.25. The first-order chi connectivity index (χ1) is 5.49. The summed E-state index contributed by atoms with van der Waals surface area (Å²) in [6, 6.07) is -0.230. The van der Waals surface area contributed by atoms with Crippen LogP contribution in [0, 0.1) is 0 Å². The van der Waals surface area contributed by atoms with Crippen LogP contribution in [0.4, 0.5) is 0 Å². The number of carboxylic acid groups (broad SMARTS) is 1. The van der Waals surface area contributed by atoms with Gasteiger partial charge in [0.1, 0.15) is 11.8 Å². The Balaban J connectivity index is 0.00000144. The molecule has 0 aromatic carbocycles. The first-order valence-electron chi connectivity index (χ1n) is 3.46. The van der Waals surface area contributed by atoms with E-state index in [2.05, 4.69) is 0 Å². The van der Waals surface area contributed by atoms with Crippen molar-refractivity contribution in [1.29, 1.82) is 0 Å². The maximum absolute atomic E-state index is 10.8. The zero-order valence-corrected chi connectivity index (χ0v) is 8.25. The number of rotatable bonds is 3. The van der Waals surface area contributed by atoms with E-state index in [0.717, 1.165) is 5.41 Å². The molecule has 0 fully saturated rings. The summed E-state index contributed by atoms with van der Waals surface area (Å²) in [6.45, 7) is -0.0927. The van der Waals surface area contributed by atoms with E-state index in [-0.39, 0.29) is 30.7 Å². The molecule has 1 atom stereocenters.